The Kier molecular flexibility index (Phi) is 6.37. The number of sulfone groups is 1. The zero-order valence-electron chi connectivity index (χ0n) is 11.9. The van der Waals surface area contributed by atoms with Crippen LogP contribution in [-0.4, -0.2) is 40.2 Å². The van der Waals surface area contributed by atoms with Crippen LogP contribution in [0.3, 0.4) is 0 Å². The number of alkyl halides is 4. The van der Waals surface area contributed by atoms with Gasteiger partial charge in [-0.3, -0.25) is 4.39 Å². The Labute approximate surface area is 129 Å². The lowest BCUT2D eigenvalue weighted by Gasteiger charge is -2.20. The van der Waals surface area contributed by atoms with Gasteiger partial charge in [-0.2, -0.15) is 13.2 Å². The maximum atomic E-state index is 12.9. The van der Waals surface area contributed by atoms with Gasteiger partial charge in [0.2, 0.25) is 0 Å². The van der Waals surface area contributed by atoms with E-state index in [0.717, 1.165) is 12.1 Å². The average molecular weight is 355 g/mol. The van der Waals surface area contributed by atoms with Crippen molar-refractivity contribution in [1.82, 2.24) is 0 Å². The molecule has 0 aliphatic rings. The first kappa shape index (κ1) is 19.2. The summed E-state index contributed by atoms with van der Waals surface area (Å²) in [6.07, 6.45) is -5.84. The van der Waals surface area contributed by atoms with Crippen molar-refractivity contribution in [1.29, 1.82) is 0 Å². The molecule has 0 aromatic heterocycles. The summed E-state index contributed by atoms with van der Waals surface area (Å²) in [5.41, 5.74) is 8.64. The van der Waals surface area contributed by atoms with Crippen molar-refractivity contribution >= 4 is 9.84 Å². The lowest BCUT2D eigenvalue weighted by atomic mass is 10.0. The van der Waals surface area contributed by atoms with E-state index in [-0.39, 0.29) is 5.56 Å². The molecule has 0 spiro atoms. The molecule has 1 aromatic carbocycles. The van der Waals surface area contributed by atoms with Gasteiger partial charge in [-0.15, -0.1) is 0 Å². The van der Waals surface area contributed by atoms with Crippen LogP contribution in [0.25, 0.3) is 10.4 Å². The number of hydrogen-bond acceptors (Lipinski definition) is 4. The molecule has 0 aliphatic carbocycles. The fourth-order valence-electron chi connectivity index (χ4n) is 1.92. The summed E-state index contributed by atoms with van der Waals surface area (Å²) in [5.74, 6) is -1.97. The Morgan fingerprint density at radius 2 is 1.87 bits per heavy atom. The highest BCUT2D eigenvalue weighted by molar-refractivity contribution is 7.91. The molecule has 2 atom stereocenters. The van der Waals surface area contributed by atoms with Crippen LogP contribution in [0.1, 0.15) is 11.7 Å². The molecule has 0 unspecified atom stereocenters. The summed E-state index contributed by atoms with van der Waals surface area (Å²) in [6.45, 7) is -1.02. The van der Waals surface area contributed by atoms with Gasteiger partial charge in [-0.1, -0.05) is 17.2 Å². The number of nitrogens with zero attached hydrogens (tertiary/aromatic N) is 3. The molecule has 1 aromatic rings. The number of methoxy groups -OCH3 is 1. The average Bonchev–Trinajstić information content (AvgIpc) is 2.45. The van der Waals surface area contributed by atoms with E-state index in [1.165, 1.54) is 19.2 Å². The minimum atomic E-state index is -4.85. The van der Waals surface area contributed by atoms with Gasteiger partial charge in [0.05, 0.1) is 17.0 Å². The minimum absolute atomic E-state index is 0.272. The summed E-state index contributed by atoms with van der Waals surface area (Å²) in [4.78, 5) is 1.96. The van der Waals surface area contributed by atoms with Crippen molar-refractivity contribution < 1.29 is 30.7 Å². The molecule has 6 nitrogen and oxygen atoms in total. The third-order valence-corrected chi connectivity index (χ3v) is 4.58. The SMILES string of the molecule is CO[C@H](c1ccc(S(=O)(=O)CC(F)(F)F)cc1)[C@@H](CF)N=[N+]=[N-]. The highest BCUT2D eigenvalue weighted by Gasteiger charge is 2.36. The number of rotatable bonds is 7. The Hall–Kier alpha value is -1.84. The summed E-state index contributed by atoms with van der Waals surface area (Å²) >= 11 is 0. The van der Waals surface area contributed by atoms with Gasteiger partial charge < -0.3 is 4.74 Å². The number of hydrogen-bond donors (Lipinski definition) is 0. The zero-order chi connectivity index (χ0) is 17.7. The van der Waals surface area contributed by atoms with Crippen molar-refractivity contribution in [2.45, 2.75) is 23.2 Å². The quantitative estimate of drug-likeness (QED) is 0.325. The first-order chi connectivity index (χ1) is 10.6. The Morgan fingerprint density at radius 1 is 1.30 bits per heavy atom. The molecule has 11 heteroatoms. The van der Waals surface area contributed by atoms with Gasteiger partial charge in [0.1, 0.15) is 6.67 Å². The monoisotopic (exact) mass is 355 g/mol. The standard InChI is InChI=1S/C12H13F4N3O3S/c1-22-11(10(6-13)18-19-17)8-2-4-9(5-3-8)23(20,21)7-12(14,15)16/h2-5,10-11H,6-7H2,1H3/t10-,11-/m1/s1. The zero-order valence-corrected chi connectivity index (χ0v) is 12.7. The maximum absolute atomic E-state index is 12.9. The molecule has 1 rings (SSSR count). The fourth-order valence-corrected chi connectivity index (χ4v) is 3.07. The molecule has 23 heavy (non-hydrogen) atoms. The largest absolute Gasteiger partial charge is 0.403 e. The van der Waals surface area contributed by atoms with Crippen LogP contribution >= 0.6 is 0 Å². The number of halogens is 4. The van der Waals surface area contributed by atoms with Gasteiger partial charge in [0.25, 0.3) is 0 Å². The lowest BCUT2D eigenvalue weighted by molar-refractivity contribution is -0.106. The molecule has 0 saturated carbocycles. The predicted octanol–water partition coefficient (Wildman–Crippen LogP) is 3.36. The maximum Gasteiger partial charge on any atom is 0.403 e. The first-order valence-electron chi connectivity index (χ1n) is 6.17. The van der Waals surface area contributed by atoms with Crippen molar-refractivity contribution in [2.75, 3.05) is 19.5 Å². The highest BCUT2D eigenvalue weighted by atomic mass is 32.2. The Bertz CT molecular complexity index is 670. The van der Waals surface area contributed by atoms with E-state index in [4.69, 9.17) is 10.3 Å². The molecule has 0 N–H and O–H groups in total. The second-order valence-electron chi connectivity index (χ2n) is 4.53. The van der Waals surface area contributed by atoms with E-state index in [0.29, 0.717) is 0 Å². The minimum Gasteiger partial charge on any atom is -0.376 e. The van der Waals surface area contributed by atoms with Gasteiger partial charge >= 0.3 is 6.18 Å². The second-order valence-corrected chi connectivity index (χ2v) is 6.52. The van der Waals surface area contributed by atoms with Crippen LogP contribution in [0.5, 0.6) is 0 Å². The van der Waals surface area contributed by atoms with Gasteiger partial charge in [0, 0.05) is 12.0 Å². The van der Waals surface area contributed by atoms with Crippen LogP contribution in [0.2, 0.25) is 0 Å². The van der Waals surface area contributed by atoms with Crippen LogP contribution in [0.15, 0.2) is 34.3 Å². The van der Waals surface area contributed by atoms with E-state index in [1.54, 1.807) is 0 Å². The Morgan fingerprint density at radius 3 is 2.26 bits per heavy atom. The second kappa shape index (κ2) is 7.62. The summed E-state index contributed by atoms with van der Waals surface area (Å²) < 4.78 is 77.8. The molecule has 0 heterocycles. The smallest absolute Gasteiger partial charge is 0.376 e. The third-order valence-electron chi connectivity index (χ3n) is 2.88. The number of ether oxygens (including phenoxy) is 1. The molecule has 0 amide bonds. The normalized spacial score (nSPS) is 14.8. The molecule has 0 radical (unpaired) electrons. The van der Waals surface area contributed by atoms with Crippen LogP contribution < -0.4 is 0 Å². The van der Waals surface area contributed by atoms with E-state index < -0.39 is 45.5 Å². The van der Waals surface area contributed by atoms with Gasteiger partial charge in [-0.25, -0.2) is 8.42 Å². The fraction of sp³-hybridized carbons (Fsp3) is 0.500. The summed E-state index contributed by atoms with van der Waals surface area (Å²) in [7, 11) is -3.29. The highest BCUT2D eigenvalue weighted by Crippen LogP contribution is 2.27. The molecular weight excluding hydrogens is 342 g/mol. The summed E-state index contributed by atoms with van der Waals surface area (Å²) in [5, 5.41) is 3.22. The van der Waals surface area contributed by atoms with Crippen molar-refractivity contribution in [3.05, 3.63) is 40.3 Å². The third kappa shape index (κ3) is 5.38. The molecular formula is C12H13F4N3O3S. The predicted molar refractivity (Wildman–Crippen MR) is 73.2 cm³/mol. The van der Waals surface area contributed by atoms with E-state index in [1.807, 2.05) is 0 Å². The lowest BCUT2D eigenvalue weighted by Crippen LogP contribution is -2.23. The van der Waals surface area contributed by atoms with E-state index in [2.05, 4.69) is 10.0 Å². The molecule has 0 saturated heterocycles. The molecule has 0 fully saturated rings. The molecule has 0 bridgehead atoms. The van der Waals surface area contributed by atoms with Crippen molar-refractivity contribution in [2.24, 2.45) is 5.11 Å². The Balaban J connectivity index is 3.10. The first-order valence-corrected chi connectivity index (χ1v) is 7.82. The van der Waals surface area contributed by atoms with E-state index in [9.17, 15) is 26.0 Å². The van der Waals surface area contributed by atoms with Gasteiger partial charge in [0.15, 0.2) is 15.6 Å². The number of azide groups is 1. The van der Waals surface area contributed by atoms with Crippen LogP contribution in [-0.2, 0) is 14.6 Å². The van der Waals surface area contributed by atoms with Crippen molar-refractivity contribution in [3.63, 3.8) is 0 Å². The molecule has 128 valence electrons. The van der Waals surface area contributed by atoms with Crippen LogP contribution in [0, 0.1) is 0 Å². The van der Waals surface area contributed by atoms with Crippen LogP contribution in [0.4, 0.5) is 17.6 Å². The summed E-state index contributed by atoms with van der Waals surface area (Å²) in [6, 6.07) is 3.13. The van der Waals surface area contributed by atoms with E-state index >= 15 is 0 Å². The van der Waals surface area contributed by atoms with Crippen molar-refractivity contribution in [3.8, 4) is 0 Å². The van der Waals surface area contributed by atoms with Gasteiger partial charge in [-0.05, 0) is 23.2 Å². The topological polar surface area (TPSA) is 92.1 Å². The number of benzene rings is 1. The molecule has 0 aliphatic heterocycles.